The molecular formula is C14H28O. The molecule has 0 aliphatic rings. The molecule has 0 rings (SSSR count). The minimum Gasteiger partial charge on any atom is -0.299 e. The molecule has 90 valence electrons. The van der Waals surface area contributed by atoms with Crippen molar-refractivity contribution in [1.82, 2.24) is 0 Å². The average molecular weight is 212 g/mol. The molecule has 0 N–H and O–H groups in total. The van der Waals surface area contributed by atoms with E-state index >= 15 is 0 Å². The van der Waals surface area contributed by atoms with Gasteiger partial charge in [0.1, 0.15) is 5.78 Å². The zero-order chi connectivity index (χ0) is 11.5. The third kappa shape index (κ3) is 8.65. The summed E-state index contributed by atoms with van der Waals surface area (Å²) in [6, 6.07) is 0. The summed E-state index contributed by atoms with van der Waals surface area (Å²) in [7, 11) is 0. The maximum absolute atomic E-state index is 11.5. The van der Waals surface area contributed by atoms with Crippen LogP contribution in [0.5, 0.6) is 0 Å². The summed E-state index contributed by atoms with van der Waals surface area (Å²) in [6.45, 7) is 6.38. The van der Waals surface area contributed by atoms with Gasteiger partial charge in [-0.2, -0.15) is 0 Å². The summed E-state index contributed by atoms with van der Waals surface area (Å²) < 4.78 is 0. The van der Waals surface area contributed by atoms with Gasteiger partial charge in [-0.05, 0) is 12.8 Å². The normalized spacial score (nSPS) is 12.7. The number of rotatable bonds is 10. The first kappa shape index (κ1) is 14.7. The van der Waals surface area contributed by atoms with Gasteiger partial charge in [0.2, 0.25) is 0 Å². The van der Waals surface area contributed by atoms with E-state index in [1.54, 1.807) is 0 Å². The van der Waals surface area contributed by atoms with Crippen molar-refractivity contribution in [2.45, 2.75) is 78.6 Å². The van der Waals surface area contributed by atoms with Crippen molar-refractivity contribution >= 4 is 5.78 Å². The summed E-state index contributed by atoms with van der Waals surface area (Å²) in [5.74, 6) is 0.746. The van der Waals surface area contributed by atoms with E-state index in [1.807, 2.05) is 6.92 Å². The number of hydrogen-bond donors (Lipinski definition) is 0. The monoisotopic (exact) mass is 212 g/mol. The number of hydrogen-bond acceptors (Lipinski definition) is 1. The van der Waals surface area contributed by atoms with Gasteiger partial charge in [0.05, 0.1) is 0 Å². The van der Waals surface area contributed by atoms with Gasteiger partial charge in [0, 0.05) is 12.3 Å². The fourth-order valence-corrected chi connectivity index (χ4v) is 1.73. The van der Waals surface area contributed by atoms with Crippen LogP contribution in [-0.4, -0.2) is 5.78 Å². The fraction of sp³-hybridized carbons (Fsp3) is 0.929. The van der Waals surface area contributed by atoms with Gasteiger partial charge < -0.3 is 0 Å². The SMILES string of the molecule is CCCCCCCCCC(=O)[C@@H](C)CC. The van der Waals surface area contributed by atoms with Crippen LogP contribution in [0.3, 0.4) is 0 Å². The number of carbonyl (C=O) groups excluding carboxylic acids is 1. The van der Waals surface area contributed by atoms with E-state index in [2.05, 4.69) is 13.8 Å². The van der Waals surface area contributed by atoms with Gasteiger partial charge in [-0.15, -0.1) is 0 Å². The first-order valence-electron chi connectivity index (χ1n) is 6.75. The van der Waals surface area contributed by atoms with Gasteiger partial charge in [-0.1, -0.05) is 59.3 Å². The average Bonchev–Trinajstić information content (AvgIpc) is 2.26. The molecule has 0 amide bonds. The molecule has 0 saturated heterocycles. The summed E-state index contributed by atoms with van der Waals surface area (Å²) in [5, 5.41) is 0. The van der Waals surface area contributed by atoms with Crippen molar-refractivity contribution in [3.63, 3.8) is 0 Å². The lowest BCUT2D eigenvalue weighted by molar-refractivity contribution is -0.122. The standard InChI is InChI=1S/C14H28O/c1-4-6-7-8-9-10-11-12-14(15)13(3)5-2/h13H,4-12H2,1-3H3/t13-/m0/s1. The molecule has 0 unspecified atom stereocenters. The zero-order valence-corrected chi connectivity index (χ0v) is 10.8. The Labute approximate surface area is 95.6 Å². The van der Waals surface area contributed by atoms with Crippen molar-refractivity contribution in [3.8, 4) is 0 Å². The van der Waals surface area contributed by atoms with Crippen molar-refractivity contribution in [2.75, 3.05) is 0 Å². The molecule has 0 spiro atoms. The fourth-order valence-electron chi connectivity index (χ4n) is 1.73. The molecule has 0 aromatic carbocycles. The summed E-state index contributed by atoms with van der Waals surface area (Å²) in [6.07, 6.45) is 10.9. The molecule has 0 aliphatic heterocycles. The van der Waals surface area contributed by atoms with E-state index in [0.717, 1.165) is 19.3 Å². The van der Waals surface area contributed by atoms with E-state index < -0.39 is 0 Å². The Kier molecular flexibility index (Phi) is 9.97. The van der Waals surface area contributed by atoms with Crippen LogP contribution in [0.15, 0.2) is 0 Å². The summed E-state index contributed by atoms with van der Waals surface area (Å²) >= 11 is 0. The summed E-state index contributed by atoms with van der Waals surface area (Å²) in [4.78, 5) is 11.5. The van der Waals surface area contributed by atoms with Crippen LogP contribution >= 0.6 is 0 Å². The van der Waals surface area contributed by atoms with Gasteiger partial charge in [-0.25, -0.2) is 0 Å². The van der Waals surface area contributed by atoms with Crippen molar-refractivity contribution in [1.29, 1.82) is 0 Å². The van der Waals surface area contributed by atoms with Crippen LogP contribution in [-0.2, 0) is 4.79 Å². The first-order valence-corrected chi connectivity index (χ1v) is 6.75. The second-order valence-electron chi connectivity index (χ2n) is 4.65. The highest BCUT2D eigenvalue weighted by atomic mass is 16.1. The Morgan fingerprint density at radius 3 is 2.00 bits per heavy atom. The second-order valence-corrected chi connectivity index (χ2v) is 4.65. The molecule has 0 radical (unpaired) electrons. The highest BCUT2D eigenvalue weighted by Crippen LogP contribution is 2.12. The Morgan fingerprint density at radius 2 is 1.47 bits per heavy atom. The predicted molar refractivity (Wildman–Crippen MR) is 67.1 cm³/mol. The van der Waals surface area contributed by atoms with Crippen molar-refractivity contribution in [2.24, 2.45) is 5.92 Å². The van der Waals surface area contributed by atoms with Gasteiger partial charge in [-0.3, -0.25) is 4.79 Å². The van der Waals surface area contributed by atoms with Crippen LogP contribution in [0.25, 0.3) is 0 Å². The lowest BCUT2D eigenvalue weighted by Gasteiger charge is -2.06. The molecular weight excluding hydrogens is 184 g/mol. The molecule has 1 nitrogen and oxygen atoms in total. The van der Waals surface area contributed by atoms with E-state index in [0.29, 0.717) is 5.78 Å². The molecule has 0 fully saturated rings. The Morgan fingerprint density at radius 1 is 0.933 bits per heavy atom. The van der Waals surface area contributed by atoms with Crippen molar-refractivity contribution in [3.05, 3.63) is 0 Å². The lowest BCUT2D eigenvalue weighted by atomic mass is 9.98. The number of Topliss-reactive ketones (excluding diaryl/α,β-unsaturated/α-hetero) is 1. The topological polar surface area (TPSA) is 17.1 Å². The highest BCUT2D eigenvalue weighted by Gasteiger charge is 2.09. The zero-order valence-electron chi connectivity index (χ0n) is 10.8. The minimum absolute atomic E-state index is 0.282. The molecule has 1 heteroatoms. The van der Waals surface area contributed by atoms with Gasteiger partial charge in [0.15, 0.2) is 0 Å². The third-order valence-electron chi connectivity index (χ3n) is 3.19. The maximum atomic E-state index is 11.5. The Bertz CT molecular complexity index is 151. The lowest BCUT2D eigenvalue weighted by Crippen LogP contribution is -2.09. The predicted octanol–water partition coefficient (Wildman–Crippen LogP) is 4.74. The number of unbranched alkanes of at least 4 members (excludes halogenated alkanes) is 6. The smallest absolute Gasteiger partial charge is 0.135 e. The van der Waals surface area contributed by atoms with E-state index in [-0.39, 0.29) is 5.92 Å². The third-order valence-corrected chi connectivity index (χ3v) is 3.19. The summed E-state index contributed by atoms with van der Waals surface area (Å²) in [5.41, 5.74) is 0. The van der Waals surface area contributed by atoms with E-state index in [9.17, 15) is 4.79 Å². The van der Waals surface area contributed by atoms with Crippen LogP contribution in [0.4, 0.5) is 0 Å². The number of carbonyl (C=O) groups is 1. The van der Waals surface area contributed by atoms with Gasteiger partial charge in [0.25, 0.3) is 0 Å². The van der Waals surface area contributed by atoms with Crippen LogP contribution < -0.4 is 0 Å². The van der Waals surface area contributed by atoms with Crippen LogP contribution in [0, 0.1) is 5.92 Å². The van der Waals surface area contributed by atoms with Gasteiger partial charge >= 0.3 is 0 Å². The number of ketones is 1. The molecule has 0 aliphatic carbocycles. The van der Waals surface area contributed by atoms with E-state index in [1.165, 1.54) is 38.5 Å². The minimum atomic E-state index is 0.282. The second kappa shape index (κ2) is 10.2. The quantitative estimate of drug-likeness (QED) is 0.478. The maximum Gasteiger partial charge on any atom is 0.135 e. The molecule has 0 aromatic rings. The molecule has 0 heterocycles. The molecule has 0 aromatic heterocycles. The highest BCUT2D eigenvalue weighted by molar-refractivity contribution is 5.80. The molecule has 0 bridgehead atoms. The molecule has 1 atom stereocenters. The largest absolute Gasteiger partial charge is 0.299 e. The van der Waals surface area contributed by atoms with Crippen molar-refractivity contribution < 1.29 is 4.79 Å². The Hall–Kier alpha value is -0.330. The molecule has 0 saturated carbocycles. The van der Waals surface area contributed by atoms with E-state index in [4.69, 9.17) is 0 Å². The Balaban J connectivity index is 3.20. The molecule has 15 heavy (non-hydrogen) atoms. The van der Waals surface area contributed by atoms with Crippen LogP contribution in [0.1, 0.15) is 78.6 Å². The first-order chi connectivity index (χ1) is 7.22. The van der Waals surface area contributed by atoms with Crippen LogP contribution in [0.2, 0.25) is 0 Å².